The van der Waals surface area contributed by atoms with Crippen LogP contribution in [-0.4, -0.2) is 29.4 Å². The third-order valence-electron chi connectivity index (χ3n) is 2.09. The second-order valence-electron chi connectivity index (χ2n) is 3.06. The minimum absolute atomic E-state index is 0.190. The Morgan fingerprint density at radius 2 is 2.19 bits per heavy atom. The average Bonchev–Trinajstić information content (AvgIpc) is 2.84. The number of nitrogens with two attached hydrogens (primary N) is 1. The SMILES string of the molecule is Nc1nc(Br)n(-c2nccn3nccc23)n1. The standard InChI is InChI=1S/C8H6BrN7/c9-7-13-8(10)14-16(7)6-5-1-2-12-15(5)4-3-11-6/h1-4H,(H2,10,14). The quantitative estimate of drug-likeness (QED) is 0.707. The molecule has 0 unspecified atom stereocenters. The summed E-state index contributed by atoms with van der Waals surface area (Å²) in [5.41, 5.74) is 6.34. The van der Waals surface area contributed by atoms with Crippen LogP contribution in [0.25, 0.3) is 11.3 Å². The van der Waals surface area contributed by atoms with Gasteiger partial charge in [-0.3, -0.25) is 0 Å². The van der Waals surface area contributed by atoms with Gasteiger partial charge in [-0.05, 0) is 22.0 Å². The number of hydrogen-bond donors (Lipinski definition) is 1. The highest BCUT2D eigenvalue weighted by atomic mass is 79.9. The Morgan fingerprint density at radius 3 is 2.94 bits per heavy atom. The van der Waals surface area contributed by atoms with Crippen LogP contribution in [0.2, 0.25) is 0 Å². The van der Waals surface area contributed by atoms with Crippen LogP contribution in [0.4, 0.5) is 5.95 Å². The summed E-state index contributed by atoms with van der Waals surface area (Å²) < 4.78 is 3.73. The number of hydrogen-bond acceptors (Lipinski definition) is 5. The minimum atomic E-state index is 0.190. The maximum absolute atomic E-state index is 5.51. The lowest BCUT2D eigenvalue weighted by Gasteiger charge is -2.02. The Morgan fingerprint density at radius 1 is 1.31 bits per heavy atom. The maximum Gasteiger partial charge on any atom is 0.240 e. The number of nitrogens with zero attached hydrogens (tertiary/aromatic N) is 6. The monoisotopic (exact) mass is 279 g/mol. The molecule has 0 saturated carbocycles. The molecule has 0 aliphatic heterocycles. The Bertz CT molecular complexity index is 655. The lowest BCUT2D eigenvalue weighted by molar-refractivity contribution is 0.816. The summed E-state index contributed by atoms with van der Waals surface area (Å²) in [6.07, 6.45) is 5.08. The molecule has 0 fully saturated rings. The molecule has 0 aromatic carbocycles. The molecule has 80 valence electrons. The summed E-state index contributed by atoms with van der Waals surface area (Å²) in [6, 6.07) is 1.84. The molecule has 0 radical (unpaired) electrons. The highest BCUT2D eigenvalue weighted by molar-refractivity contribution is 9.10. The van der Waals surface area contributed by atoms with Crippen LogP contribution in [0.3, 0.4) is 0 Å². The maximum atomic E-state index is 5.51. The second kappa shape index (κ2) is 3.27. The van der Waals surface area contributed by atoms with Gasteiger partial charge in [0.25, 0.3) is 0 Å². The molecule has 16 heavy (non-hydrogen) atoms. The topological polar surface area (TPSA) is 86.9 Å². The van der Waals surface area contributed by atoms with Crippen LogP contribution in [0, 0.1) is 0 Å². The summed E-state index contributed by atoms with van der Waals surface area (Å²) in [6.45, 7) is 0. The normalized spacial score (nSPS) is 11.1. The highest BCUT2D eigenvalue weighted by Gasteiger charge is 2.11. The number of fused-ring (bicyclic) bond motifs is 1. The molecule has 3 rings (SSSR count). The van der Waals surface area contributed by atoms with Crippen LogP contribution in [0.15, 0.2) is 29.4 Å². The molecule has 3 heterocycles. The van der Waals surface area contributed by atoms with Crippen molar-refractivity contribution in [1.29, 1.82) is 0 Å². The summed E-state index contributed by atoms with van der Waals surface area (Å²) >= 11 is 3.27. The van der Waals surface area contributed by atoms with E-state index in [1.165, 1.54) is 4.68 Å². The van der Waals surface area contributed by atoms with E-state index in [1.807, 2.05) is 6.07 Å². The molecule has 0 spiro atoms. The third-order valence-corrected chi connectivity index (χ3v) is 2.60. The van der Waals surface area contributed by atoms with Gasteiger partial charge >= 0.3 is 0 Å². The first kappa shape index (κ1) is 9.28. The molecule has 0 aliphatic carbocycles. The molecular weight excluding hydrogens is 274 g/mol. The largest absolute Gasteiger partial charge is 0.366 e. The molecule has 0 saturated heterocycles. The van der Waals surface area contributed by atoms with Gasteiger partial charge in [-0.2, -0.15) is 14.8 Å². The minimum Gasteiger partial charge on any atom is -0.366 e. The predicted molar refractivity (Wildman–Crippen MR) is 60.0 cm³/mol. The van der Waals surface area contributed by atoms with Crippen LogP contribution < -0.4 is 5.73 Å². The molecule has 8 heteroatoms. The van der Waals surface area contributed by atoms with E-state index < -0.39 is 0 Å². The first-order chi connectivity index (χ1) is 7.75. The molecule has 3 aromatic rings. The van der Waals surface area contributed by atoms with Crippen molar-refractivity contribution in [3.63, 3.8) is 0 Å². The van der Waals surface area contributed by atoms with E-state index in [1.54, 1.807) is 23.1 Å². The van der Waals surface area contributed by atoms with Gasteiger partial charge in [-0.15, -0.1) is 5.10 Å². The van der Waals surface area contributed by atoms with Crippen LogP contribution in [0.1, 0.15) is 0 Å². The van der Waals surface area contributed by atoms with E-state index in [-0.39, 0.29) is 5.95 Å². The van der Waals surface area contributed by atoms with Gasteiger partial charge in [0.1, 0.15) is 5.52 Å². The Kier molecular flexibility index (Phi) is 1.90. The highest BCUT2D eigenvalue weighted by Crippen LogP contribution is 2.17. The lowest BCUT2D eigenvalue weighted by atomic mass is 10.5. The molecule has 0 aliphatic rings. The van der Waals surface area contributed by atoms with Crippen LogP contribution >= 0.6 is 15.9 Å². The Labute approximate surface area is 98.0 Å². The summed E-state index contributed by atoms with van der Waals surface area (Å²) in [4.78, 5) is 8.19. The molecular formula is C8H6BrN7. The Hall–Kier alpha value is -1.96. The zero-order valence-corrected chi connectivity index (χ0v) is 9.53. The van der Waals surface area contributed by atoms with Crippen molar-refractivity contribution in [1.82, 2.24) is 29.4 Å². The van der Waals surface area contributed by atoms with Crippen molar-refractivity contribution in [2.24, 2.45) is 0 Å². The third kappa shape index (κ3) is 1.27. The van der Waals surface area contributed by atoms with Crippen molar-refractivity contribution in [2.45, 2.75) is 0 Å². The first-order valence-corrected chi connectivity index (χ1v) is 5.22. The van der Waals surface area contributed by atoms with E-state index in [9.17, 15) is 0 Å². The molecule has 2 N–H and O–H groups in total. The van der Waals surface area contributed by atoms with Gasteiger partial charge < -0.3 is 5.73 Å². The number of halogens is 1. The van der Waals surface area contributed by atoms with Crippen LogP contribution in [0.5, 0.6) is 0 Å². The van der Waals surface area contributed by atoms with Crippen LogP contribution in [-0.2, 0) is 0 Å². The molecule has 3 aromatic heterocycles. The molecule has 0 atom stereocenters. The summed E-state index contributed by atoms with van der Waals surface area (Å²) in [7, 11) is 0. The van der Waals surface area contributed by atoms with Crippen molar-refractivity contribution in [2.75, 3.05) is 5.73 Å². The smallest absolute Gasteiger partial charge is 0.240 e. The summed E-state index contributed by atoms with van der Waals surface area (Å²) in [5, 5.41) is 8.15. The van der Waals surface area contributed by atoms with Gasteiger partial charge in [0.2, 0.25) is 10.7 Å². The van der Waals surface area contributed by atoms with Gasteiger partial charge in [0.05, 0.1) is 6.20 Å². The van der Waals surface area contributed by atoms with Crippen molar-refractivity contribution < 1.29 is 0 Å². The number of nitrogen functional groups attached to an aromatic ring is 1. The van der Waals surface area contributed by atoms with E-state index in [2.05, 4.69) is 36.1 Å². The van der Waals surface area contributed by atoms with Gasteiger partial charge in [0, 0.05) is 12.4 Å². The number of anilines is 1. The van der Waals surface area contributed by atoms with Crippen molar-refractivity contribution in [3.8, 4) is 5.82 Å². The number of aromatic nitrogens is 6. The second-order valence-corrected chi connectivity index (χ2v) is 3.77. The Balaban J connectivity index is 2.33. The fourth-order valence-corrected chi connectivity index (χ4v) is 1.88. The summed E-state index contributed by atoms with van der Waals surface area (Å²) in [5.74, 6) is 0.811. The van der Waals surface area contributed by atoms with E-state index >= 15 is 0 Å². The van der Waals surface area contributed by atoms with E-state index in [4.69, 9.17) is 5.73 Å². The van der Waals surface area contributed by atoms with E-state index in [0.29, 0.717) is 10.6 Å². The van der Waals surface area contributed by atoms with Gasteiger partial charge in [0.15, 0.2) is 5.82 Å². The average molecular weight is 280 g/mol. The molecule has 0 amide bonds. The molecule has 7 nitrogen and oxygen atoms in total. The first-order valence-electron chi connectivity index (χ1n) is 4.42. The fraction of sp³-hybridized carbons (Fsp3) is 0. The lowest BCUT2D eigenvalue weighted by Crippen LogP contribution is -2.03. The van der Waals surface area contributed by atoms with Gasteiger partial charge in [-0.25, -0.2) is 9.50 Å². The van der Waals surface area contributed by atoms with E-state index in [0.717, 1.165) is 5.52 Å². The molecule has 0 bridgehead atoms. The number of rotatable bonds is 1. The predicted octanol–water partition coefficient (Wildman–Crippen LogP) is 0.655. The zero-order chi connectivity index (χ0) is 11.1. The van der Waals surface area contributed by atoms with Crippen molar-refractivity contribution >= 4 is 27.4 Å². The van der Waals surface area contributed by atoms with Crippen molar-refractivity contribution in [3.05, 3.63) is 29.4 Å². The van der Waals surface area contributed by atoms with Gasteiger partial charge in [-0.1, -0.05) is 0 Å². The zero-order valence-electron chi connectivity index (χ0n) is 7.95. The fourth-order valence-electron chi connectivity index (χ4n) is 1.45.